The van der Waals surface area contributed by atoms with Crippen LogP contribution in [0.1, 0.15) is 16.1 Å². The molecule has 0 fully saturated rings. The van der Waals surface area contributed by atoms with Gasteiger partial charge in [0.25, 0.3) is 5.91 Å². The predicted octanol–water partition coefficient (Wildman–Crippen LogP) is 2.12. The molecule has 0 saturated carbocycles. The summed E-state index contributed by atoms with van der Waals surface area (Å²) < 4.78 is 2.86. The van der Waals surface area contributed by atoms with E-state index in [4.69, 9.17) is 16.7 Å². The number of aliphatic carboxylic acids is 1. The molecule has 1 aromatic carbocycles. The highest BCUT2D eigenvalue weighted by Crippen LogP contribution is 2.12. The fourth-order valence-electron chi connectivity index (χ4n) is 2.18. The first kappa shape index (κ1) is 16.7. The zero-order valence-corrected chi connectivity index (χ0v) is 13.7. The van der Waals surface area contributed by atoms with Gasteiger partial charge in [-0.15, -0.1) is 0 Å². The van der Waals surface area contributed by atoms with Crippen LogP contribution in [0.4, 0.5) is 5.82 Å². The smallest absolute Gasteiger partial charge is 0.325 e. The molecule has 0 aliphatic rings. The third kappa shape index (κ3) is 4.45. The second-order valence-corrected chi connectivity index (χ2v) is 5.71. The second-order valence-electron chi connectivity index (χ2n) is 5.27. The number of carboxylic acid groups (broad SMARTS) is 1. The molecule has 0 spiro atoms. The molecule has 3 rings (SSSR count). The minimum atomic E-state index is -1.03. The topological polar surface area (TPSA) is 102 Å². The van der Waals surface area contributed by atoms with Crippen molar-refractivity contribution in [3.05, 3.63) is 65.1 Å². The van der Waals surface area contributed by atoms with Gasteiger partial charge in [-0.05, 0) is 23.8 Å². The summed E-state index contributed by atoms with van der Waals surface area (Å²) in [5.74, 6) is -1.11. The summed E-state index contributed by atoms with van der Waals surface area (Å²) in [5.41, 5.74) is 1.14. The molecule has 0 aliphatic carbocycles. The molecule has 1 amide bonds. The molecule has 0 aliphatic heterocycles. The van der Waals surface area contributed by atoms with Crippen LogP contribution in [0.15, 0.2) is 48.8 Å². The van der Waals surface area contributed by atoms with E-state index in [9.17, 15) is 9.59 Å². The first-order valence-electron chi connectivity index (χ1n) is 7.34. The van der Waals surface area contributed by atoms with Gasteiger partial charge in [-0.3, -0.25) is 19.0 Å². The summed E-state index contributed by atoms with van der Waals surface area (Å²) in [5, 5.41) is 20.2. The Hall–Kier alpha value is -3.13. The largest absolute Gasteiger partial charge is 0.480 e. The Morgan fingerprint density at radius 2 is 1.76 bits per heavy atom. The number of carboxylic acids is 1. The third-order valence-electron chi connectivity index (χ3n) is 3.31. The fraction of sp³-hybridized carbons (Fsp3) is 0.125. The van der Waals surface area contributed by atoms with E-state index in [0.29, 0.717) is 17.4 Å². The fourth-order valence-corrected chi connectivity index (χ4v) is 2.31. The highest BCUT2D eigenvalue weighted by Gasteiger charge is 2.12. The van der Waals surface area contributed by atoms with E-state index in [1.165, 1.54) is 16.9 Å². The molecule has 0 unspecified atom stereocenters. The first-order valence-corrected chi connectivity index (χ1v) is 7.72. The maximum atomic E-state index is 12.1. The van der Waals surface area contributed by atoms with Crippen LogP contribution in [-0.2, 0) is 17.9 Å². The van der Waals surface area contributed by atoms with Crippen molar-refractivity contribution in [2.45, 2.75) is 13.1 Å². The summed E-state index contributed by atoms with van der Waals surface area (Å²) in [6.45, 7) is 0.239. The van der Waals surface area contributed by atoms with Gasteiger partial charge in [0.15, 0.2) is 11.5 Å². The number of nitrogens with zero attached hydrogens (tertiary/aromatic N) is 4. The van der Waals surface area contributed by atoms with Crippen molar-refractivity contribution in [3.63, 3.8) is 0 Å². The molecular formula is C16H14ClN5O3. The Morgan fingerprint density at radius 1 is 1.04 bits per heavy atom. The van der Waals surface area contributed by atoms with E-state index in [1.54, 1.807) is 29.1 Å². The number of benzene rings is 1. The summed E-state index contributed by atoms with van der Waals surface area (Å²) in [6.07, 6.45) is 3.18. The van der Waals surface area contributed by atoms with Crippen LogP contribution in [0.25, 0.3) is 0 Å². The number of anilines is 1. The maximum absolute atomic E-state index is 12.1. The number of hydrogen-bond donors (Lipinski definition) is 2. The van der Waals surface area contributed by atoms with Crippen LogP contribution in [-0.4, -0.2) is 36.5 Å². The standard InChI is InChI=1S/C16H14ClN5O3/c17-12-3-1-11(2-4-12)9-21-8-6-14(20-21)18-16(25)13-5-7-22(19-13)10-15(23)24/h1-8H,9-10H2,(H,23,24)(H,18,20,25). The summed E-state index contributed by atoms with van der Waals surface area (Å²) in [7, 11) is 0. The zero-order chi connectivity index (χ0) is 17.8. The van der Waals surface area contributed by atoms with E-state index < -0.39 is 11.9 Å². The van der Waals surface area contributed by atoms with Gasteiger partial charge in [0.2, 0.25) is 0 Å². The van der Waals surface area contributed by atoms with Crippen LogP contribution < -0.4 is 5.32 Å². The number of carbonyl (C=O) groups excluding carboxylic acids is 1. The van der Waals surface area contributed by atoms with Crippen molar-refractivity contribution in [1.29, 1.82) is 0 Å². The van der Waals surface area contributed by atoms with Crippen molar-refractivity contribution in [2.75, 3.05) is 5.32 Å². The molecule has 9 heteroatoms. The molecule has 2 heterocycles. The molecule has 128 valence electrons. The van der Waals surface area contributed by atoms with Gasteiger partial charge in [-0.25, -0.2) is 0 Å². The van der Waals surface area contributed by atoms with E-state index in [-0.39, 0.29) is 12.2 Å². The van der Waals surface area contributed by atoms with Crippen LogP contribution >= 0.6 is 11.6 Å². The summed E-state index contributed by atoms with van der Waals surface area (Å²) in [4.78, 5) is 22.7. The normalized spacial score (nSPS) is 10.6. The lowest BCUT2D eigenvalue weighted by atomic mass is 10.2. The van der Waals surface area contributed by atoms with E-state index in [2.05, 4.69) is 15.5 Å². The summed E-state index contributed by atoms with van der Waals surface area (Å²) >= 11 is 5.85. The van der Waals surface area contributed by atoms with Crippen molar-refractivity contribution in [3.8, 4) is 0 Å². The zero-order valence-electron chi connectivity index (χ0n) is 13.0. The lowest BCUT2D eigenvalue weighted by molar-refractivity contribution is -0.137. The molecule has 0 bridgehead atoms. The molecule has 0 saturated heterocycles. The molecular weight excluding hydrogens is 346 g/mol. The highest BCUT2D eigenvalue weighted by molar-refractivity contribution is 6.30. The monoisotopic (exact) mass is 359 g/mol. The van der Waals surface area contributed by atoms with Crippen LogP contribution in [0, 0.1) is 0 Å². The van der Waals surface area contributed by atoms with Crippen LogP contribution in [0.5, 0.6) is 0 Å². The average molecular weight is 360 g/mol. The molecule has 0 radical (unpaired) electrons. The number of nitrogens with one attached hydrogen (secondary N) is 1. The quantitative estimate of drug-likeness (QED) is 0.701. The van der Waals surface area contributed by atoms with Crippen molar-refractivity contribution in [2.24, 2.45) is 0 Å². The van der Waals surface area contributed by atoms with E-state index in [0.717, 1.165) is 5.56 Å². The first-order chi connectivity index (χ1) is 12.0. The minimum Gasteiger partial charge on any atom is -0.480 e. The van der Waals surface area contributed by atoms with Gasteiger partial charge in [0.05, 0.1) is 6.54 Å². The Bertz CT molecular complexity index is 901. The number of amides is 1. The Balaban J connectivity index is 1.62. The molecule has 2 aromatic heterocycles. The van der Waals surface area contributed by atoms with Crippen LogP contribution in [0.2, 0.25) is 5.02 Å². The van der Waals surface area contributed by atoms with E-state index >= 15 is 0 Å². The lowest BCUT2D eigenvalue weighted by Gasteiger charge is -2.02. The number of halogens is 1. The SMILES string of the molecule is O=C(O)Cn1ccc(C(=O)Nc2ccn(Cc3ccc(Cl)cc3)n2)n1. The van der Waals surface area contributed by atoms with Gasteiger partial charge in [-0.1, -0.05) is 23.7 Å². The summed E-state index contributed by atoms with van der Waals surface area (Å²) in [6, 6.07) is 10.5. The highest BCUT2D eigenvalue weighted by atomic mass is 35.5. The molecule has 0 atom stereocenters. The maximum Gasteiger partial charge on any atom is 0.325 e. The van der Waals surface area contributed by atoms with Gasteiger partial charge in [0, 0.05) is 23.5 Å². The van der Waals surface area contributed by atoms with Gasteiger partial charge < -0.3 is 10.4 Å². The van der Waals surface area contributed by atoms with Gasteiger partial charge in [-0.2, -0.15) is 10.2 Å². The van der Waals surface area contributed by atoms with Gasteiger partial charge >= 0.3 is 5.97 Å². The average Bonchev–Trinajstić information content (AvgIpc) is 3.19. The predicted molar refractivity (Wildman–Crippen MR) is 90.6 cm³/mol. The van der Waals surface area contributed by atoms with Crippen molar-refractivity contribution < 1.29 is 14.7 Å². The van der Waals surface area contributed by atoms with Crippen molar-refractivity contribution >= 4 is 29.3 Å². The molecule has 2 N–H and O–H groups in total. The third-order valence-corrected chi connectivity index (χ3v) is 3.56. The lowest BCUT2D eigenvalue weighted by Crippen LogP contribution is -2.15. The Morgan fingerprint density at radius 3 is 2.48 bits per heavy atom. The molecule has 8 nitrogen and oxygen atoms in total. The Kier molecular flexibility index (Phi) is 4.80. The number of aromatic nitrogens is 4. The second kappa shape index (κ2) is 7.18. The molecule has 3 aromatic rings. The number of hydrogen-bond acceptors (Lipinski definition) is 4. The van der Waals surface area contributed by atoms with E-state index in [1.807, 2.05) is 12.1 Å². The number of rotatable bonds is 6. The van der Waals surface area contributed by atoms with Crippen molar-refractivity contribution in [1.82, 2.24) is 19.6 Å². The molecule has 25 heavy (non-hydrogen) atoms. The number of carbonyl (C=O) groups is 2. The Labute approximate surface area is 147 Å². The van der Waals surface area contributed by atoms with Crippen LogP contribution in [0.3, 0.4) is 0 Å². The van der Waals surface area contributed by atoms with Gasteiger partial charge in [0.1, 0.15) is 6.54 Å². The minimum absolute atomic E-state index is 0.119.